The number of ether oxygens (including phenoxy) is 1. The van der Waals surface area contributed by atoms with Gasteiger partial charge < -0.3 is 4.74 Å². The van der Waals surface area contributed by atoms with Gasteiger partial charge in [-0.25, -0.2) is 0 Å². The summed E-state index contributed by atoms with van der Waals surface area (Å²) in [6.45, 7) is 5.69. The zero-order valence-corrected chi connectivity index (χ0v) is 6.24. The van der Waals surface area contributed by atoms with Gasteiger partial charge in [0, 0.05) is 0 Å². The van der Waals surface area contributed by atoms with E-state index in [0.29, 0.717) is 12.4 Å². The molecule has 0 bridgehead atoms. The predicted octanol–water partition coefficient (Wildman–Crippen LogP) is 1.43. The molecule has 0 saturated carbocycles. The van der Waals surface area contributed by atoms with Crippen molar-refractivity contribution in [3.63, 3.8) is 0 Å². The zero-order valence-electron chi connectivity index (χ0n) is 5.42. The van der Waals surface area contributed by atoms with Gasteiger partial charge in [0.15, 0.2) is 0 Å². The minimum absolute atomic E-state index is 0.178. The lowest BCUT2D eigenvalue weighted by molar-refractivity contribution is -0.139. The van der Waals surface area contributed by atoms with Gasteiger partial charge in [-0.3, -0.25) is 4.79 Å². The molecule has 0 aliphatic carbocycles. The van der Waals surface area contributed by atoms with Crippen LogP contribution in [0.15, 0.2) is 12.0 Å². The second kappa shape index (κ2) is 5.69. The van der Waals surface area contributed by atoms with Crippen LogP contribution in [0.1, 0.15) is 6.92 Å². The minimum Gasteiger partial charge on any atom is -0.465 e. The van der Waals surface area contributed by atoms with Gasteiger partial charge in [0.05, 0.1) is 12.4 Å². The quantitative estimate of drug-likeness (QED) is 0.561. The van der Waals surface area contributed by atoms with Crippen molar-refractivity contribution in [2.75, 3.05) is 12.4 Å². The highest BCUT2D eigenvalue weighted by atomic mass is 32.2. The molecule has 0 spiro atoms. The molecule has 9 heavy (non-hydrogen) atoms. The number of hydrogen-bond donors (Lipinski definition) is 0. The molecule has 0 N–H and O–H groups in total. The highest BCUT2D eigenvalue weighted by Gasteiger charge is 1.96. The van der Waals surface area contributed by atoms with Crippen LogP contribution in [0.2, 0.25) is 0 Å². The highest BCUT2D eigenvalue weighted by Crippen LogP contribution is 1.99. The van der Waals surface area contributed by atoms with E-state index in [-0.39, 0.29) is 5.97 Å². The van der Waals surface area contributed by atoms with Crippen LogP contribution in [-0.4, -0.2) is 18.3 Å². The summed E-state index contributed by atoms with van der Waals surface area (Å²) in [5, 5.41) is 1.62. The minimum atomic E-state index is -0.178. The number of hydrogen-bond acceptors (Lipinski definition) is 3. The molecule has 0 aromatic rings. The van der Waals surface area contributed by atoms with Crippen molar-refractivity contribution in [3.05, 3.63) is 12.0 Å². The Kier molecular flexibility index (Phi) is 5.41. The van der Waals surface area contributed by atoms with Crippen molar-refractivity contribution < 1.29 is 9.53 Å². The first-order valence-corrected chi connectivity index (χ1v) is 3.74. The average Bonchev–Trinajstić information content (AvgIpc) is 1.85. The van der Waals surface area contributed by atoms with Gasteiger partial charge >= 0.3 is 5.97 Å². The summed E-state index contributed by atoms with van der Waals surface area (Å²) in [6, 6.07) is 0. The van der Waals surface area contributed by atoms with Gasteiger partial charge in [-0.05, 0) is 12.3 Å². The lowest BCUT2D eigenvalue weighted by atomic mass is 10.8. The summed E-state index contributed by atoms with van der Waals surface area (Å²) in [6.07, 6.45) is 0. The van der Waals surface area contributed by atoms with Crippen LogP contribution >= 0.6 is 11.8 Å². The molecule has 0 heterocycles. The molecule has 0 aromatic carbocycles. The monoisotopic (exact) mass is 146 g/mol. The molecule has 0 aliphatic heterocycles. The Bertz CT molecular complexity index is 101. The molecule has 0 fully saturated rings. The van der Waals surface area contributed by atoms with Crippen molar-refractivity contribution >= 4 is 17.7 Å². The van der Waals surface area contributed by atoms with Crippen molar-refractivity contribution in [3.8, 4) is 0 Å². The lowest BCUT2D eigenvalue weighted by Gasteiger charge is -1.96. The van der Waals surface area contributed by atoms with E-state index in [0.717, 1.165) is 0 Å². The van der Waals surface area contributed by atoms with Crippen molar-refractivity contribution in [2.24, 2.45) is 0 Å². The van der Waals surface area contributed by atoms with Gasteiger partial charge in [-0.1, -0.05) is 6.58 Å². The molecular weight excluding hydrogens is 136 g/mol. The largest absolute Gasteiger partial charge is 0.465 e. The van der Waals surface area contributed by atoms with Crippen LogP contribution < -0.4 is 0 Å². The van der Waals surface area contributed by atoms with Crippen molar-refractivity contribution in [1.29, 1.82) is 0 Å². The summed E-state index contributed by atoms with van der Waals surface area (Å²) >= 11 is 1.35. The van der Waals surface area contributed by atoms with Crippen LogP contribution in [0.3, 0.4) is 0 Å². The van der Waals surface area contributed by atoms with Crippen molar-refractivity contribution in [2.45, 2.75) is 6.92 Å². The predicted molar refractivity (Wildman–Crippen MR) is 39.3 cm³/mol. The third kappa shape index (κ3) is 5.43. The Labute approximate surface area is 59.3 Å². The summed E-state index contributed by atoms with van der Waals surface area (Å²) in [4.78, 5) is 10.5. The Morgan fingerprint density at radius 1 is 1.89 bits per heavy atom. The Balaban J connectivity index is 3.16. The number of carbonyl (C=O) groups is 1. The number of rotatable bonds is 4. The SMILES string of the molecule is C=CSCC(=O)OCC. The van der Waals surface area contributed by atoms with Gasteiger partial charge in [0.25, 0.3) is 0 Å². The molecule has 3 heteroatoms. The molecule has 0 rings (SSSR count). The first-order valence-electron chi connectivity index (χ1n) is 2.69. The second-order valence-corrected chi connectivity index (χ2v) is 2.24. The number of carbonyl (C=O) groups excluding carboxylic acids is 1. The summed E-state index contributed by atoms with van der Waals surface area (Å²) < 4.78 is 4.64. The van der Waals surface area contributed by atoms with E-state index in [9.17, 15) is 4.79 Å². The van der Waals surface area contributed by atoms with E-state index in [2.05, 4.69) is 11.3 Å². The van der Waals surface area contributed by atoms with Gasteiger partial charge in [-0.2, -0.15) is 0 Å². The first-order chi connectivity index (χ1) is 4.31. The highest BCUT2D eigenvalue weighted by molar-refractivity contribution is 8.02. The zero-order chi connectivity index (χ0) is 7.11. The summed E-state index contributed by atoms with van der Waals surface area (Å²) in [7, 11) is 0. The van der Waals surface area contributed by atoms with E-state index in [4.69, 9.17) is 0 Å². The van der Waals surface area contributed by atoms with E-state index in [1.54, 1.807) is 12.3 Å². The van der Waals surface area contributed by atoms with E-state index in [1.165, 1.54) is 11.8 Å². The summed E-state index contributed by atoms with van der Waals surface area (Å²) in [5.74, 6) is 0.194. The van der Waals surface area contributed by atoms with Crippen LogP contribution in [0, 0.1) is 0 Å². The molecule has 0 aliphatic rings. The smallest absolute Gasteiger partial charge is 0.316 e. The van der Waals surface area contributed by atoms with Gasteiger partial charge in [0.2, 0.25) is 0 Å². The molecule has 52 valence electrons. The average molecular weight is 146 g/mol. The Morgan fingerprint density at radius 3 is 3.00 bits per heavy atom. The molecule has 0 aromatic heterocycles. The van der Waals surface area contributed by atoms with Crippen LogP contribution in [0.5, 0.6) is 0 Å². The van der Waals surface area contributed by atoms with Crippen LogP contribution in [0.25, 0.3) is 0 Å². The molecule has 2 nitrogen and oxygen atoms in total. The Morgan fingerprint density at radius 2 is 2.56 bits per heavy atom. The molecule has 0 amide bonds. The standard InChI is InChI=1S/C6H10O2S/c1-3-8-6(7)5-9-4-2/h4H,2-3,5H2,1H3. The molecule has 0 radical (unpaired) electrons. The van der Waals surface area contributed by atoms with Crippen LogP contribution in [0.4, 0.5) is 0 Å². The fourth-order valence-corrected chi connectivity index (χ4v) is 0.667. The third-order valence-electron chi connectivity index (χ3n) is 0.624. The van der Waals surface area contributed by atoms with Gasteiger partial charge in [0.1, 0.15) is 0 Å². The third-order valence-corrected chi connectivity index (χ3v) is 1.26. The molecule has 0 unspecified atom stereocenters. The second-order valence-electron chi connectivity index (χ2n) is 1.28. The normalized spacial score (nSPS) is 8.56. The fraction of sp³-hybridized carbons (Fsp3) is 0.500. The number of esters is 1. The first kappa shape index (κ1) is 8.56. The van der Waals surface area contributed by atoms with Gasteiger partial charge in [-0.15, -0.1) is 11.8 Å². The maximum atomic E-state index is 10.5. The van der Waals surface area contributed by atoms with Crippen LogP contribution in [-0.2, 0) is 9.53 Å². The van der Waals surface area contributed by atoms with E-state index in [1.807, 2.05) is 0 Å². The van der Waals surface area contributed by atoms with Crippen molar-refractivity contribution in [1.82, 2.24) is 0 Å². The number of thioether (sulfide) groups is 1. The topological polar surface area (TPSA) is 26.3 Å². The Hall–Kier alpha value is -0.440. The fourth-order valence-electron chi connectivity index (χ4n) is 0.330. The maximum absolute atomic E-state index is 10.5. The summed E-state index contributed by atoms with van der Waals surface area (Å²) in [5.41, 5.74) is 0. The molecule has 0 atom stereocenters. The van der Waals surface area contributed by atoms with E-state index >= 15 is 0 Å². The lowest BCUT2D eigenvalue weighted by Crippen LogP contribution is -2.05. The van der Waals surface area contributed by atoms with E-state index < -0.39 is 0 Å². The maximum Gasteiger partial charge on any atom is 0.316 e. The molecular formula is C6H10O2S. The molecule has 0 saturated heterocycles.